The molecule has 0 spiro atoms. The van der Waals surface area contributed by atoms with Gasteiger partial charge in [-0.25, -0.2) is 9.97 Å². The molecule has 100 valence electrons. The average Bonchev–Trinajstić information content (AvgIpc) is 3.04. The maximum Gasteiger partial charge on any atom is 0.202 e. The SMILES string of the molecule is CCCc1nn(C)c2c1nc(N)n2Cc1cscn1. The minimum Gasteiger partial charge on any atom is -0.369 e. The van der Waals surface area contributed by atoms with Gasteiger partial charge in [0, 0.05) is 12.4 Å². The third-order valence-electron chi connectivity index (χ3n) is 3.11. The van der Waals surface area contributed by atoms with E-state index in [0.717, 1.165) is 35.4 Å². The van der Waals surface area contributed by atoms with Crippen LogP contribution in [0.25, 0.3) is 11.2 Å². The number of rotatable bonds is 4. The Balaban J connectivity index is 2.11. The maximum absolute atomic E-state index is 6.03. The molecule has 3 aromatic heterocycles. The van der Waals surface area contributed by atoms with Crippen LogP contribution >= 0.6 is 11.3 Å². The first-order valence-electron chi connectivity index (χ1n) is 6.25. The Morgan fingerprint density at radius 3 is 2.95 bits per heavy atom. The number of nitrogen functional groups attached to an aromatic ring is 1. The highest BCUT2D eigenvalue weighted by Crippen LogP contribution is 2.22. The third kappa shape index (κ3) is 1.99. The van der Waals surface area contributed by atoms with Gasteiger partial charge in [-0.1, -0.05) is 13.3 Å². The predicted octanol–water partition coefficient (Wildman–Crippen LogP) is 1.81. The van der Waals surface area contributed by atoms with Crippen molar-refractivity contribution >= 4 is 28.4 Å². The second-order valence-electron chi connectivity index (χ2n) is 4.53. The standard InChI is InChI=1S/C12H16N6S/c1-3-4-9-10-11(17(2)16-9)18(12(13)15-10)5-8-6-19-7-14-8/h6-7H,3-5H2,1-2H3,(H2,13,15). The van der Waals surface area contributed by atoms with Crippen LogP contribution in [0.5, 0.6) is 0 Å². The number of fused-ring (bicyclic) bond motifs is 1. The average molecular weight is 276 g/mol. The van der Waals surface area contributed by atoms with Crippen molar-refractivity contribution in [2.75, 3.05) is 5.73 Å². The molecule has 6 nitrogen and oxygen atoms in total. The number of aryl methyl sites for hydroxylation is 2. The Morgan fingerprint density at radius 2 is 2.26 bits per heavy atom. The Hall–Kier alpha value is -1.89. The molecule has 2 N–H and O–H groups in total. The van der Waals surface area contributed by atoms with Gasteiger partial charge >= 0.3 is 0 Å². The van der Waals surface area contributed by atoms with Gasteiger partial charge in [-0.3, -0.25) is 9.25 Å². The highest BCUT2D eigenvalue weighted by Gasteiger charge is 2.17. The van der Waals surface area contributed by atoms with E-state index in [1.807, 2.05) is 27.2 Å². The van der Waals surface area contributed by atoms with E-state index in [1.54, 1.807) is 11.3 Å². The zero-order valence-corrected chi connectivity index (χ0v) is 11.8. The normalized spacial score (nSPS) is 11.5. The van der Waals surface area contributed by atoms with Gasteiger partial charge in [0.25, 0.3) is 0 Å². The molecule has 0 unspecified atom stereocenters. The molecule has 0 bridgehead atoms. The second kappa shape index (κ2) is 4.65. The fraction of sp³-hybridized carbons (Fsp3) is 0.417. The van der Waals surface area contributed by atoms with Crippen molar-refractivity contribution in [2.24, 2.45) is 7.05 Å². The molecule has 0 radical (unpaired) electrons. The van der Waals surface area contributed by atoms with Gasteiger partial charge in [-0.15, -0.1) is 11.3 Å². The molecule has 0 aromatic carbocycles. The summed E-state index contributed by atoms with van der Waals surface area (Å²) in [5.41, 5.74) is 11.8. The summed E-state index contributed by atoms with van der Waals surface area (Å²) in [6, 6.07) is 0. The molecule has 3 rings (SSSR count). The van der Waals surface area contributed by atoms with E-state index in [-0.39, 0.29) is 0 Å². The van der Waals surface area contributed by atoms with E-state index in [4.69, 9.17) is 5.73 Å². The van der Waals surface area contributed by atoms with Crippen molar-refractivity contribution in [3.8, 4) is 0 Å². The van der Waals surface area contributed by atoms with Crippen LogP contribution < -0.4 is 5.73 Å². The molecule has 3 aromatic rings. The van der Waals surface area contributed by atoms with Gasteiger partial charge in [0.05, 0.1) is 23.4 Å². The zero-order chi connectivity index (χ0) is 13.4. The van der Waals surface area contributed by atoms with Crippen molar-refractivity contribution in [3.63, 3.8) is 0 Å². The quantitative estimate of drug-likeness (QED) is 0.788. The number of imidazole rings is 1. The van der Waals surface area contributed by atoms with Gasteiger partial charge in [0.15, 0.2) is 5.65 Å². The van der Waals surface area contributed by atoms with Crippen LogP contribution in [-0.4, -0.2) is 24.3 Å². The van der Waals surface area contributed by atoms with Gasteiger partial charge in [-0.05, 0) is 6.42 Å². The fourth-order valence-electron chi connectivity index (χ4n) is 2.30. The topological polar surface area (TPSA) is 74.6 Å². The van der Waals surface area contributed by atoms with E-state index in [1.165, 1.54) is 0 Å². The van der Waals surface area contributed by atoms with Crippen LogP contribution in [0.15, 0.2) is 10.9 Å². The lowest BCUT2D eigenvalue weighted by Crippen LogP contribution is -2.08. The summed E-state index contributed by atoms with van der Waals surface area (Å²) in [5, 5.41) is 6.55. The van der Waals surface area contributed by atoms with E-state index < -0.39 is 0 Å². The minimum atomic E-state index is 0.522. The highest BCUT2D eigenvalue weighted by molar-refractivity contribution is 7.07. The van der Waals surface area contributed by atoms with Gasteiger partial charge in [0.2, 0.25) is 5.95 Å². The third-order valence-corrected chi connectivity index (χ3v) is 3.75. The first-order valence-corrected chi connectivity index (χ1v) is 7.19. The molecule has 0 fully saturated rings. The minimum absolute atomic E-state index is 0.522. The number of hydrogen-bond acceptors (Lipinski definition) is 5. The predicted molar refractivity (Wildman–Crippen MR) is 76.1 cm³/mol. The van der Waals surface area contributed by atoms with Gasteiger partial charge in [-0.2, -0.15) is 5.10 Å². The summed E-state index contributed by atoms with van der Waals surface area (Å²) in [6.45, 7) is 2.77. The van der Waals surface area contributed by atoms with E-state index in [2.05, 4.69) is 22.0 Å². The number of nitrogens with two attached hydrogens (primary N) is 1. The Kier molecular flexibility index (Phi) is 2.98. The first-order chi connectivity index (χ1) is 9.20. The van der Waals surface area contributed by atoms with Gasteiger partial charge < -0.3 is 5.73 Å². The van der Waals surface area contributed by atoms with E-state index in [0.29, 0.717) is 12.5 Å². The van der Waals surface area contributed by atoms with Gasteiger partial charge in [0.1, 0.15) is 5.52 Å². The van der Waals surface area contributed by atoms with E-state index >= 15 is 0 Å². The Morgan fingerprint density at radius 1 is 1.42 bits per heavy atom. The molecule has 0 atom stereocenters. The summed E-state index contributed by atoms with van der Waals surface area (Å²) in [7, 11) is 1.93. The van der Waals surface area contributed by atoms with Crippen molar-refractivity contribution < 1.29 is 0 Å². The van der Waals surface area contributed by atoms with Crippen molar-refractivity contribution in [2.45, 2.75) is 26.3 Å². The second-order valence-corrected chi connectivity index (χ2v) is 5.25. The zero-order valence-electron chi connectivity index (χ0n) is 11.0. The van der Waals surface area contributed by atoms with Crippen LogP contribution in [0, 0.1) is 0 Å². The Labute approximate surface area is 114 Å². The molecule has 7 heteroatoms. The van der Waals surface area contributed by atoms with Crippen molar-refractivity contribution in [1.82, 2.24) is 24.3 Å². The summed E-state index contributed by atoms with van der Waals surface area (Å²) in [6.07, 6.45) is 1.97. The molecule has 0 aliphatic heterocycles. The lowest BCUT2D eigenvalue weighted by Gasteiger charge is -2.04. The fourth-order valence-corrected chi connectivity index (χ4v) is 2.85. The highest BCUT2D eigenvalue weighted by atomic mass is 32.1. The summed E-state index contributed by atoms with van der Waals surface area (Å²) >= 11 is 1.58. The first kappa shape index (κ1) is 12.2. The summed E-state index contributed by atoms with van der Waals surface area (Å²) in [5.74, 6) is 0.522. The summed E-state index contributed by atoms with van der Waals surface area (Å²) in [4.78, 5) is 8.76. The summed E-state index contributed by atoms with van der Waals surface area (Å²) < 4.78 is 3.83. The smallest absolute Gasteiger partial charge is 0.202 e. The lowest BCUT2D eigenvalue weighted by atomic mass is 10.2. The Bertz CT molecular complexity index is 694. The molecule has 0 saturated heterocycles. The van der Waals surface area contributed by atoms with Crippen LogP contribution in [0.3, 0.4) is 0 Å². The number of thiazole rings is 1. The molecule has 19 heavy (non-hydrogen) atoms. The van der Waals surface area contributed by atoms with E-state index in [9.17, 15) is 0 Å². The van der Waals surface area contributed by atoms with Crippen LogP contribution in [-0.2, 0) is 20.0 Å². The monoisotopic (exact) mass is 276 g/mol. The lowest BCUT2D eigenvalue weighted by molar-refractivity contribution is 0.708. The maximum atomic E-state index is 6.03. The number of aromatic nitrogens is 5. The molecule has 0 amide bonds. The largest absolute Gasteiger partial charge is 0.369 e. The molecule has 0 aliphatic carbocycles. The number of anilines is 1. The molecular weight excluding hydrogens is 260 g/mol. The van der Waals surface area contributed by atoms with Crippen molar-refractivity contribution in [1.29, 1.82) is 0 Å². The van der Waals surface area contributed by atoms with Crippen LogP contribution in [0.1, 0.15) is 24.7 Å². The number of hydrogen-bond donors (Lipinski definition) is 1. The van der Waals surface area contributed by atoms with Crippen LogP contribution in [0.2, 0.25) is 0 Å². The molecule has 0 aliphatic rings. The molecular formula is C12H16N6S. The van der Waals surface area contributed by atoms with Crippen LogP contribution in [0.4, 0.5) is 5.95 Å². The number of nitrogens with zero attached hydrogens (tertiary/aromatic N) is 5. The molecule has 0 saturated carbocycles. The molecule has 3 heterocycles. The van der Waals surface area contributed by atoms with Crippen molar-refractivity contribution in [3.05, 3.63) is 22.3 Å².